The monoisotopic (exact) mass is 269 g/mol. The van der Waals surface area contributed by atoms with Gasteiger partial charge in [-0.2, -0.15) is 0 Å². The molecule has 0 aliphatic heterocycles. The Morgan fingerprint density at radius 2 is 2.00 bits per heavy atom. The predicted octanol–water partition coefficient (Wildman–Crippen LogP) is 2.87. The average Bonchev–Trinajstić information content (AvgIpc) is 2.14. The van der Waals surface area contributed by atoms with Gasteiger partial charge in [-0.3, -0.25) is 14.9 Å². The molecule has 0 radical (unpaired) electrons. The number of nitrogens with zero attached hydrogens (tertiary/aromatic N) is 1. The Morgan fingerprint density at radius 1 is 1.41 bits per heavy atom. The molecule has 0 saturated carbocycles. The summed E-state index contributed by atoms with van der Waals surface area (Å²) in [6.45, 7) is 0. The van der Waals surface area contributed by atoms with E-state index in [1.807, 2.05) is 0 Å². The first-order valence-electron chi connectivity index (χ1n) is 3.95. The molecule has 0 fully saturated rings. The Bertz CT molecular complexity index is 474. The highest BCUT2D eigenvalue weighted by Gasteiger charge is 2.32. The highest BCUT2D eigenvalue weighted by atomic mass is 35.5. The smallest absolute Gasteiger partial charge is 0.406 e. The first-order chi connectivity index (χ1) is 7.70. The molecule has 0 saturated heterocycles. The molecule has 0 N–H and O–H groups in total. The van der Waals surface area contributed by atoms with Crippen molar-refractivity contribution in [3.05, 3.63) is 33.9 Å². The second kappa shape index (κ2) is 4.58. The van der Waals surface area contributed by atoms with Crippen LogP contribution < -0.4 is 4.74 Å². The van der Waals surface area contributed by atoms with Crippen molar-refractivity contribution in [2.45, 2.75) is 6.36 Å². The SMILES string of the molecule is O=C(Cl)c1cc(OC(F)(F)F)ccc1[N+](=O)[O-]. The van der Waals surface area contributed by atoms with Crippen LogP contribution in [0, 0.1) is 10.1 Å². The standard InChI is InChI=1S/C8H3ClF3NO4/c9-7(14)5-3-4(17-8(10,11)12)1-2-6(5)13(15)16/h1-3H. The number of nitro benzene ring substituents is 1. The zero-order valence-corrected chi connectivity index (χ0v) is 8.58. The molecular formula is C8H3ClF3NO4. The molecule has 0 aliphatic rings. The number of hydrogen-bond acceptors (Lipinski definition) is 4. The molecule has 1 aromatic rings. The molecule has 0 atom stereocenters. The summed E-state index contributed by atoms with van der Waals surface area (Å²) in [5, 5.41) is 9.21. The number of carbonyl (C=O) groups is 1. The van der Waals surface area contributed by atoms with Crippen LogP contribution in [0.25, 0.3) is 0 Å². The molecule has 92 valence electrons. The summed E-state index contributed by atoms with van der Waals surface area (Å²) in [6.07, 6.45) is -4.96. The maximum Gasteiger partial charge on any atom is 0.573 e. The number of alkyl halides is 3. The van der Waals surface area contributed by atoms with Crippen LogP contribution in [0.1, 0.15) is 10.4 Å². The molecule has 17 heavy (non-hydrogen) atoms. The summed E-state index contributed by atoms with van der Waals surface area (Å²) in [5.41, 5.74) is -1.36. The van der Waals surface area contributed by atoms with E-state index in [4.69, 9.17) is 11.6 Å². The molecule has 0 heterocycles. The predicted molar refractivity (Wildman–Crippen MR) is 50.0 cm³/mol. The number of ether oxygens (including phenoxy) is 1. The lowest BCUT2D eigenvalue weighted by Crippen LogP contribution is -2.17. The Morgan fingerprint density at radius 3 is 2.41 bits per heavy atom. The molecule has 0 spiro atoms. The molecular weight excluding hydrogens is 267 g/mol. The van der Waals surface area contributed by atoms with Gasteiger partial charge >= 0.3 is 6.36 Å². The van der Waals surface area contributed by atoms with Crippen LogP contribution in [0.2, 0.25) is 0 Å². The van der Waals surface area contributed by atoms with Gasteiger partial charge in [-0.25, -0.2) is 0 Å². The minimum absolute atomic E-state index is 0.557. The molecule has 0 amide bonds. The van der Waals surface area contributed by atoms with Crippen LogP contribution in [0.15, 0.2) is 18.2 Å². The van der Waals surface area contributed by atoms with Gasteiger partial charge < -0.3 is 4.74 Å². The van der Waals surface area contributed by atoms with E-state index in [2.05, 4.69) is 4.74 Å². The van der Waals surface area contributed by atoms with Crippen molar-refractivity contribution in [2.24, 2.45) is 0 Å². The topological polar surface area (TPSA) is 69.4 Å². The van der Waals surface area contributed by atoms with Gasteiger partial charge in [-0.15, -0.1) is 13.2 Å². The third-order valence-electron chi connectivity index (χ3n) is 1.61. The molecule has 9 heteroatoms. The maximum atomic E-state index is 11.9. The molecule has 0 aliphatic carbocycles. The Hall–Kier alpha value is -1.83. The largest absolute Gasteiger partial charge is 0.573 e. The highest BCUT2D eigenvalue weighted by Crippen LogP contribution is 2.29. The number of benzene rings is 1. The fraction of sp³-hybridized carbons (Fsp3) is 0.125. The van der Waals surface area contributed by atoms with E-state index in [0.717, 1.165) is 6.07 Å². The zero-order chi connectivity index (χ0) is 13.2. The first-order valence-corrected chi connectivity index (χ1v) is 4.32. The molecule has 0 unspecified atom stereocenters. The van der Waals surface area contributed by atoms with E-state index in [9.17, 15) is 28.1 Å². The fourth-order valence-electron chi connectivity index (χ4n) is 1.03. The number of carbonyl (C=O) groups excluding carboxylic acids is 1. The number of hydrogen-bond donors (Lipinski definition) is 0. The van der Waals surface area contributed by atoms with E-state index in [0.29, 0.717) is 12.1 Å². The van der Waals surface area contributed by atoms with E-state index in [-0.39, 0.29) is 0 Å². The van der Waals surface area contributed by atoms with Crippen LogP contribution in [0.5, 0.6) is 5.75 Å². The Labute approximate surface area is 96.9 Å². The summed E-state index contributed by atoms with van der Waals surface area (Å²) in [4.78, 5) is 20.3. The van der Waals surface area contributed by atoms with E-state index < -0.39 is 33.5 Å². The van der Waals surface area contributed by atoms with Crippen LogP contribution in [-0.4, -0.2) is 16.5 Å². The summed E-state index contributed by atoms with van der Waals surface area (Å²) in [6, 6.07) is 1.98. The number of nitro groups is 1. The van der Waals surface area contributed by atoms with Crippen LogP contribution in [0.4, 0.5) is 18.9 Å². The fourth-order valence-corrected chi connectivity index (χ4v) is 1.18. The van der Waals surface area contributed by atoms with Gasteiger partial charge in [0.1, 0.15) is 11.3 Å². The van der Waals surface area contributed by atoms with Gasteiger partial charge in [-0.05, 0) is 23.7 Å². The van der Waals surface area contributed by atoms with Gasteiger partial charge in [0.15, 0.2) is 0 Å². The summed E-state index contributed by atoms with van der Waals surface area (Å²) in [7, 11) is 0. The van der Waals surface area contributed by atoms with Crippen molar-refractivity contribution in [3.63, 3.8) is 0 Å². The number of rotatable bonds is 3. The van der Waals surface area contributed by atoms with Crippen molar-refractivity contribution >= 4 is 22.5 Å². The van der Waals surface area contributed by atoms with Gasteiger partial charge in [-0.1, -0.05) is 0 Å². The van der Waals surface area contributed by atoms with E-state index >= 15 is 0 Å². The lowest BCUT2D eigenvalue weighted by atomic mass is 10.2. The first kappa shape index (κ1) is 13.2. The summed E-state index contributed by atoms with van der Waals surface area (Å²) >= 11 is 5.02. The van der Waals surface area contributed by atoms with Crippen molar-refractivity contribution in [3.8, 4) is 5.75 Å². The molecule has 0 bridgehead atoms. The third kappa shape index (κ3) is 3.59. The second-order valence-corrected chi connectivity index (χ2v) is 3.10. The summed E-state index contributed by atoms with van der Waals surface area (Å²) in [5.74, 6) is -0.757. The van der Waals surface area contributed by atoms with Crippen LogP contribution in [0.3, 0.4) is 0 Å². The van der Waals surface area contributed by atoms with Crippen molar-refractivity contribution in [1.29, 1.82) is 0 Å². The average molecular weight is 270 g/mol. The quantitative estimate of drug-likeness (QED) is 0.480. The van der Waals surface area contributed by atoms with Gasteiger partial charge in [0.2, 0.25) is 0 Å². The lowest BCUT2D eigenvalue weighted by Gasteiger charge is -2.09. The lowest BCUT2D eigenvalue weighted by molar-refractivity contribution is -0.385. The highest BCUT2D eigenvalue weighted by molar-refractivity contribution is 6.68. The summed E-state index contributed by atoms with van der Waals surface area (Å²) < 4.78 is 39.1. The maximum absolute atomic E-state index is 11.9. The van der Waals surface area contributed by atoms with Crippen molar-refractivity contribution in [1.82, 2.24) is 0 Å². The van der Waals surface area contributed by atoms with Crippen LogP contribution >= 0.6 is 11.6 Å². The van der Waals surface area contributed by atoms with E-state index in [1.165, 1.54) is 0 Å². The minimum atomic E-state index is -4.96. The molecule has 5 nitrogen and oxygen atoms in total. The normalized spacial score (nSPS) is 11.1. The zero-order valence-electron chi connectivity index (χ0n) is 7.82. The number of halogens is 4. The van der Waals surface area contributed by atoms with Gasteiger partial charge in [0.25, 0.3) is 10.9 Å². The molecule has 1 rings (SSSR count). The third-order valence-corrected chi connectivity index (χ3v) is 1.81. The molecule has 0 aromatic heterocycles. The van der Waals surface area contributed by atoms with Crippen molar-refractivity contribution < 1.29 is 27.6 Å². The van der Waals surface area contributed by atoms with Gasteiger partial charge in [0.05, 0.1) is 4.92 Å². The van der Waals surface area contributed by atoms with Gasteiger partial charge in [0, 0.05) is 6.07 Å². The minimum Gasteiger partial charge on any atom is -0.406 e. The second-order valence-electron chi connectivity index (χ2n) is 2.76. The Kier molecular flexibility index (Phi) is 3.56. The van der Waals surface area contributed by atoms with Crippen LogP contribution in [-0.2, 0) is 0 Å². The molecule has 1 aromatic carbocycles. The van der Waals surface area contributed by atoms with E-state index in [1.54, 1.807) is 0 Å². The Balaban J connectivity index is 3.19. The van der Waals surface area contributed by atoms with Crippen molar-refractivity contribution in [2.75, 3.05) is 0 Å².